The lowest BCUT2D eigenvalue weighted by Gasteiger charge is -2.27. The van der Waals surface area contributed by atoms with Crippen molar-refractivity contribution in [2.45, 2.75) is 19.5 Å². The number of anilines is 1. The zero-order valence-corrected chi connectivity index (χ0v) is 14.9. The molecule has 1 aromatic heterocycles. The van der Waals surface area contributed by atoms with Crippen molar-refractivity contribution in [1.82, 2.24) is 9.47 Å². The molecule has 2 amide bonds. The van der Waals surface area contributed by atoms with Gasteiger partial charge in [0, 0.05) is 17.6 Å². The summed E-state index contributed by atoms with van der Waals surface area (Å²) < 4.78 is 15.5. The van der Waals surface area contributed by atoms with Crippen LogP contribution in [0.5, 0.6) is 0 Å². The van der Waals surface area contributed by atoms with E-state index in [1.807, 2.05) is 49.5 Å². The van der Waals surface area contributed by atoms with Crippen molar-refractivity contribution in [2.24, 2.45) is 0 Å². The van der Waals surface area contributed by atoms with E-state index in [9.17, 15) is 9.18 Å². The lowest BCUT2D eigenvalue weighted by molar-refractivity contribution is 0.189. The molecule has 2 heterocycles. The van der Waals surface area contributed by atoms with Gasteiger partial charge in [0.15, 0.2) is 0 Å². The smallest absolute Gasteiger partial charge is 0.318 e. The summed E-state index contributed by atoms with van der Waals surface area (Å²) in [7, 11) is 0. The number of hydrogen-bond acceptors (Lipinski definition) is 1. The van der Waals surface area contributed by atoms with Gasteiger partial charge >= 0.3 is 6.03 Å². The Hall–Kier alpha value is -2.79. The van der Waals surface area contributed by atoms with Crippen LogP contribution in [-0.4, -0.2) is 15.5 Å². The predicted octanol–water partition coefficient (Wildman–Crippen LogP) is 5.38. The average Bonchev–Trinajstić information content (AvgIpc) is 3.08. The molecule has 6 heteroatoms. The highest BCUT2D eigenvalue weighted by Crippen LogP contribution is 2.32. The summed E-state index contributed by atoms with van der Waals surface area (Å²) in [6.45, 7) is 2.47. The van der Waals surface area contributed by atoms with Crippen LogP contribution in [0.1, 0.15) is 24.2 Å². The van der Waals surface area contributed by atoms with Crippen molar-refractivity contribution in [3.8, 4) is 5.69 Å². The van der Waals surface area contributed by atoms with Gasteiger partial charge in [-0.3, -0.25) is 0 Å². The average molecular weight is 370 g/mol. The third-order valence-electron chi connectivity index (χ3n) is 4.70. The molecule has 132 valence electrons. The van der Waals surface area contributed by atoms with Gasteiger partial charge in [-0.05, 0) is 48.9 Å². The van der Waals surface area contributed by atoms with Crippen molar-refractivity contribution in [3.63, 3.8) is 0 Å². The van der Waals surface area contributed by atoms with Crippen LogP contribution in [0.3, 0.4) is 0 Å². The van der Waals surface area contributed by atoms with E-state index in [1.54, 1.807) is 4.90 Å². The van der Waals surface area contributed by atoms with Gasteiger partial charge in [-0.2, -0.15) is 0 Å². The number of nitrogens with zero attached hydrogens (tertiary/aromatic N) is 2. The summed E-state index contributed by atoms with van der Waals surface area (Å²) in [5, 5.41) is 2.80. The van der Waals surface area contributed by atoms with Crippen molar-refractivity contribution in [2.75, 3.05) is 5.32 Å². The summed E-state index contributed by atoms with van der Waals surface area (Å²) in [5.74, 6) is -0.514. The normalized spacial score (nSPS) is 15.8. The summed E-state index contributed by atoms with van der Waals surface area (Å²) in [6.07, 6.45) is 2.01. The highest BCUT2D eigenvalue weighted by atomic mass is 35.5. The van der Waals surface area contributed by atoms with E-state index in [0.717, 1.165) is 16.9 Å². The largest absolute Gasteiger partial charge is 0.322 e. The molecule has 1 aliphatic heterocycles. The van der Waals surface area contributed by atoms with Crippen LogP contribution in [0.15, 0.2) is 60.8 Å². The number of carbonyl (C=O) groups excluding carboxylic acids is 1. The molecule has 1 aliphatic rings. The second kappa shape index (κ2) is 6.50. The molecule has 0 fully saturated rings. The molecule has 4 nitrogen and oxygen atoms in total. The van der Waals surface area contributed by atoms with Crippen molar-refractivity contribution >= 4 is 23.3 Å². The Morgan fingerprint density at radius 1 is 1.19 bits per heavy atom. The molecule has 0 saturated carbocycles. The van der Waals surface area contributed by atoms with Crippen LogP contribution in [0.25, 0.3) is 5.69 Å². The molecule has 0 bridgehead atoms. The lowest BCUT2D eigenvalue weighted by atomic mass is 10.1. The molecule has 0 radical (unpaired) electrons. The molecular weight excluding hydrogens is 353 g/mol. The Morgan fingerprint density at radius 3 is 2.81 bits per heavy atom. The summed E-state index contributed by atoms with van der Waals surface area (Å²) in [5.41, 5.74) is 3.62. The Balaban J connectivity index is 1.68. The van der Waals surface area contributed by atoms with Crippen LogP contribution in [0, 0.1) is 5.82 Å². The topological polar surface area (TPSA) is 37.3 Å². The Kier molecular flexibility index (Phi) is 4.17. The van der Waals surface area contributed by atoms with Crippen LogP contribution >= 0.6 is 11.6 Å². The predicted molar refractivity (Wildman–Crippen MR) is 100 cm³/mol. The zero-order valence-electron chi connectivity index (χ0n) is 14.1. The van der Waals surface area contributed by atoms with E-state index in [4.69, 9.17) is 11.6 Å². The zero-order chi connectivity index (χ0) is 18.3. The number of hydrogen-bond donors (Lipinski definition) is 1. The van der Waals surface area contributed by atoms with Gasteiger partial charge in [0.05, 0.1) is 23.3 Å². The van der Waals surface area contributed by atoms with E-state index in [-0.39, 0.29) is 17.1 Å². The number of rotatable bonds is 1. The van der Waals surface area contributed by atoms with Crippen molar-refractivity contribution in [1.29, 1.82) is 0 Å². The molecular formula is C20H17ClFN3O. The SMILES string of the molecule is C[C@H]1c2cccn2-c2ccccc2CN1C(=O)Nc1ccc(F)c(Cl)c1. The minimum Gasteiger partial charge on any atom is -0.318 e. The van der Waals surface area contributed by atoms with Gasteiger partial charge in [0.1, 0.15) is 5.82 Å². The third kappa shape index (κ3) is 2.84. The first kappa shape index (κ1) is 16.7. The maximum Gasteiger partial charge on any atom is 0.322 e. The number of para-hydroxylation sites is 1. The molecule has 0 saturated heterocycles. The maximum atomic E-state index is 13.3. The number of halogens is 2. The van der Waals surface area contributed by atoms with Crippen LogP contribution in [0.2, 0.25) is 5.02 Å². The standard InChI is InChI=1S/C20H17ClFN3O/c1-13-18-7-4-10-24(18)19-6-3-2-5-14(19)12-25(13)20(26)23-15-8-9-17(22)16(21)11-15/h2-11,13H,12H2,1H3,(H,23,26)/t13-/m0/s1. The highest BCUT2D eigenvalue weighted by molar-refractivity contribution is 6.31. The molecule has 1 N–H and O–H groups in total. The molecule has 26 heavy (non-hydrogen) atoms. The molecule has 1 atom stereocenters. The number of fused-ring (bicyclic) bond motifs is 3. The summed E-state index contributed by atoms with van der Waals surface area (Å²) >= 11 is 5.81. The van der Waals surface area contributed by atoms with E-state index in [2.05, 4.69) is 9.88 Å². The van der Waals surface area contributed by atoms with E-state index in [0.29, 0.717) is 12.2 Å². The first-order valence-electron chi connectivity index (χ1n) is 8.33. The fraction of sp³-hybridized carbons (Fsp3) is 0.150. The van der Waals surface area contributed by atoms with Crippen LogP contribution in [0.4, 0.5) is 14.9 Å². The maximum absolute atomic E-state index is 13.3. The number of carbonyl (C=O) groups is 1. The highest BCUT2D eigenvalue weighted by Gasteiger charge is 2.28. The van der Waals surface area contributed by atoms with Gasteiger partial charge in [0.2, 0.25) is 0 Å². The van der Waals surface area contributed by atoms with Gasteiger partial charge in [-0.15, -0.1) is 0 Å². The van der Waals surface area contributed by atoms with Crippen LogP contribution < -0.4 is 5.32 Å². The second-order valence-corrected chi connectivity index (χ2v) is 6.70. The summed E-state index contributed by atoms with van der Waals surface area (Å²) in [6, 6.07) is 15.8. The lowest BCUT2D eigenvalue weighted by Crippen LogP contribution is -2.36. The van der Waals surface area contributed by atoms with Gasteiger partial charge in [-0.25, -0.2) is 9.18 Å². The third-order valence-corrected chi connectivity index (χ3v) is 4.99. The van der Waals surface area contributed by atoms with Crippen molar-refractivity contribution < 1.29 is 9.18 Å². The first-order valence-corrected chi connectivity index (χ1v) is 8.70. The number of benzene rings is 2. The van der Waals surface area contributed by atoms with Crippen molar-refractivity contribution in [3.05, 3.63) is 82.9 Å². The number of aromatic nitrogens is 1. The monoisotopic (exact) mass is 369 g/mol. The minimum atomic E-state index is -0.514. The Bertz CT molecular complexity index is 985. The molecule has 3 aromatic rings. The number of nitrogens with one attached hydrogen (secondary N) is 1. The van der Waals surface area contributed by atoms with E-state index < -0.39 is 5.82 Å². The van der Waals surface area contributed by atoms with E-state index >= 15 is 0 Å². The van der Waals surface area contributed by atoms with Crippen LogP contribution in [-0.2, 0) is 6.54 Å². The Labute approximate surface area is 155 Å². The fourth-order valence-corrected chi connectivity index (χ4v) is 3.51. The molecule has 4 rings (SSSR count). The first-order chi connectivity index (χ1) is 12.5. The van der Waals surface area contributed by atoms with Gasteiger partial charge in [-0.1, -0.05) is 29.8 Å². The molecule has 0 spiro atoms. The fourth-order valence-electron chi connectivity index (χ4n) is 3.33. The summed E-state index contributed by atoms with van der Waals surface area (Å²) in [4.78, 5) is 14.7. The molecule has 0 unspecified atom stereocenters. The van der Waals surface area contributed by atoms with E-state index in [1.165, 1.54) is 18.2 Å². The molecule has 0 aliphatic carbocycles. The Morgan fingerprint density at radius 2 is 2.00 bits per heavy atom. The second-order valence-electron chi connectivity index (χ2n) is 6.29. The molecule has 2 aromatic carbocycles. The number of amides is 2. The number of urea groups is 1. The van der Waals surface area contributed by atoms with Gasteiger partial charge in [0.25, 0.3) is 0 Å². The van der Waals surface area contributed by atoms with Gasteiger partial charge < -0.3 is 14.8 Å². The quantitative estimate of drug-likeness (QED) is 0.614. The minimum absolute atomic E-state index is 0.0223.